The molecule has 1 aromatic carbocycles. The molecule has 2 heterocycles. The number of carbonyl (C=O) groups excluding carboxylic acids is 2. The first kappa shape index (κ1) is 14.1. The van der Waals surface area contributed by atoms with Crippen LogP contribution in [0, 0.1) is 5.92 Å². The van der Waals surface area contributed by atoms with Gasteiger partial charge in [-0.25, -0.2) is 13.2 Å². The van der Waals surface area contributed by atoms with E-state index < -0.39 is 15.8 Å². The van der Waals surface area contributed by atoms with E-state index in [-0.39, 0.29) is 35.8 Å². The van der Waals surface area contributed by atoms with Gasteiger partial charge in [0.05, 0.1) is 30.2 Å². The fourth-order valence-corrected chi connectivity index (χ4v) is 5.17. The van der Waals surface area contributed by atoms with Gasteiger partial charge in [0.25, 0.3) is 0 Å². The zero-order valence-electron chi connectivity index (χ0n) is 11.5. The maximum absolute atomic E-state index is 12.1. The van der Waals surface area contributed by atoms with Crippen molar-refractivity contribution in [3.05, 3.63) is 29.8 Å². The molecule has 1 amide bonds. The second-order valence-electron chi connectivity index (χ2n) is 5.41. The molecule has 0 saturated carbocycles. The standard InChI is InChI=1S/C14H15NO5S/c1-20-14(17)9-2-4-11(5-3-9)15-12-8-21(18,19)7-10(12)6-13(15)16/h2-5,10,12H,6-8H2,1H3/t10-,12+/m1/s1. The summed E-state index contributed by atoms with van der Waals surface area (Å²) in [5, 5.41) is 0. The van der Waals surface area contributed by atoms with Crippen molar-refractivity contribution in [2.75, 3.05) is 23.5 Å². The van der Waals surface area contributed by atoms with Crippen molar-refractivity contribution in [2.24, 2.45) is 5.92 Å². The number of ether oxygens (including phenoxy) is 1. The highest BCUT2D eigenvalue weighted by molar-refractivity contribution is 7.91. The van der Waals surface area contributed by atoms with E-state index in [4.69, 9.17) is 0 Å². The van der Waals surface area contributed by atoms with Gasteiger partial charge in [-0.05, 0) is 24.3 Å². The molecule has 0 aliphatic carbocycles. The molecule has 0 unspecified atom stereocenters. The molecule has 0 aromatic heterocycles. The van der Waals surface area contributed by atoms with Crippen molar-refractivity contribution in [1.82, 2.24) is 0 Å². The lowest BCUT2D eigenvalue weighted by atomic mass is 10.0. The van der Waals surface area contributed by atoms with E-state index >= 15 is 0 Å². The average Bonchev–Trinajstić information content (AvgIpc) is 2.88. The SMILES string of the molecule is COC(=O)c1ccc(N2C(=O)C[C@@H]3CS(=O)(=O)C[C@@H]32)cc1. The molecule has 2 aliphatic rings. The summed E-state index contributed by atoms with van der Waals surface area (Å²) in [5.74, 6) is -0.536. The number of rotatable bonds is 2. The number of fused-ring (bicyclic) bond motifs is 1. The van der Waals surface area contributed by atoms with Crippen molar-refractivity contribution < 1.29 is 22.7 Å². The molecule has 1 aromatic rings. The Morgan fingerprint density at radius 3 is 2.52 bits per heavy atom. The zero-order valence-corrected chi connectivity index (χ0v) is 12.3. The van der Waals surface area contributed by atoms with Gasteiger partial charge in [0, 0.05) is 18.0 Å². The summed E-state index contributed by atoms with van der Waals surface area (Å²) in [6.07, 6.45) is 0.267. The lowest BCUT2D eigenvalue weighted by molar-refractivity contribution is -0.117. The van der Waals surface area contributed by atoms with Crippen LogP contribution in [0.2, 0.25) is 0 Å². The van der Waals surface area contributed by atoms with E-state index in [1.54, 1.807) is 29.2 Å². The minimum Gasteiger partial charge on any atom is -0.465 e. The summed E-state index contributed by atoms with van der Waals surface area (Å²) in [5.41, 5.74) is 1.01. The predicted octanol–water partition coefficient (Wildman–Crippen LogP) is 0.623. The van der Waals surface area contributed by atoms with E-state index in [9.17, 15) is 18.0 Å². The summed E-state index contributed by atoms with van der Waals surface area (Å²) in [7, 11) is -1.76. The Morgan fingerprint density at radius 2 is 1.90 bits per heavy atom. The highest BCUT2D eigenvalue weighted by Crippen LogP contribution is 2.37. The third-order valence-electron chi connectivity index (χ3n) is 4.04. The Hall–Kier alpha value is -1.89. The minimum absolute atomic E-state index is 0.0160. The summed E-state index contributed by atoms with van der Waals surface area (Å²) in [6.45, 7) is 0. The first-order valence-corrected chi connectivity index (χ1v) is 8.44. The van der Waals surface area contributed by atoms with Crippen LogP contribution in [0.15, 0.2) is 24.3 Å². The number of hydrogen-bond acceptors (Lipinski definition) is 5. The minimum atomic E-state index is -3.06. The first-order valence-electron chi connectivity index (χ1n) is 6.62. The summed E-state index contributed by atoms with van der Waals surface area (Å²) in [4.78, 5) is 25.1. The third kappa shape index (κ3) is 2.42. The van der Waals surface area contributed by atoms with Crippen LogP contribution < -0.4 is 4.90 Å². The molecule has 0 bridgehead atoms. The molecule has 2 saturated heterocycles. The molecule has 7 heteroatoms. The van der Waals surface area contributed by atoms with Crippen LogP contribution in [0.4, 0.5) is 5.69 Å². The lowest BCUT2D eigenvalue weighted by Gasteiger charge is -2.23. The van der Waals surface area contributed by atoms with Crippen LogP contribution >= 0.6 is 0 Å². The Labute approximate surface area is 122 Å². The van der Waals surface area contributed by atoms with Gasteiger partial charge in [-0.3, -0.25) is 4.79 Å². The highest BCUT2D eigenvalue weighted by atomic mass is 32.2. The first-order chi connectivity index (χ1) is 9.91. The van der Waals surface area contributed by atoms with E-state index in [0.29, 0.717) is 11.3 Å². The van der Waals surface area contributed by atoms with Gasteiger partial charge in [-0.2, -0.15) is 0 Å². The average molecular weight is 309 g/mol. The molecular weight excluding hydrogens is 294 g/mol. The molecule has 0 spiro atoms. The summed E-state index contributed by atoms with van der Waals surface area (Å²) < 4.78 is 28.0. The largest absolute Gasteiger partial charge is 0.465 e. The predicted molar refractivity (Wildman–Crippen MR) is 75.8 cm³/mol. The quantitative estimate of drug-likeness (QED) is 0.748. The molecule has 2 aliphatic heterocycles. The third-order valence-corrected chi connectivity index (χ3v) is 5.83. The van der Waals surface area contributed by atoms with Gasteiger partial charge in [-0.15, -0.1) is 0 Å². The number of hydrogen-bond donors (Lipinski definition) is 0. The molecule has 21 heavy (non-hydrogen) atoms. The van der Waals surface area contributed by atoms with Crippen molar-refractivity contribution in [2.45, 2.75) is 12.5 Å². The van der Waals surface area contributed by atoms with Crippen LogP contribution in [0.25, 0.3) is 0 Å². The number of sulfone groups is 1. The number of carbonyl (C=O) groups is 2. The number of anilines is 1. The molecule has 0 N–H and O–H groups in total. The smallest absolute Gasteiger partial charge is 0.337 e. The molecule has 2 atom stereocenters. The van der Waals surface area contributed by atoms with Gasteiger partial charge in [0.2, 0.25) is 5.91 Å². The molecule has 2 fully saturated rings. The molecule has 6 nitrogen and oxygen atoms in total. The van der Waals surface area contributed by atoms with Crippen LogP contribution in [0.1, 0.15) is 16.8 Å². The summed E-state index contributed by atoms with van der Waals surface area (Å²) in [6, 6.07) is 6.16. The molecule has 3 rings (SSSR count). The lowest BCUT2D eigenvalue weighted by Crippen LogP contribution is -2.36. The fourth-order valence-electron chi connectivity index (χ4n) is 3.10. The fraction of sp³-hybridized carbons (Fsp3) is 0.429. The van der Waals surface area contributed by atoms with Crippen molar-refractivity contribution in [3.63, 3.8) is 0 Å². The van der Waals surface area contributed by atoms with E-state index in [2.05, 4.69) is 4.74 Å². The van der Waals surface area contributed by atoms with Crippen molar-refractivity contribution in [3.8, 4) is 0 Å². The number of methoxy groups -OCH3 is 1. The van der Waals surface area contributed by atoms with Crippen molar-refractivity contribution >= 4 is 27.4 Å². The van der Waals surface area contributed by atoms with Crippen LogP contribution in [-0.2, 0) is 19.4 Å². The summed E-state index contributed by atoms with van der Waals surface area (Å²) >= 11 is 0. The maximum atomic E-state index is 12.1. The van der Waals surface area contributed by atoms with Gasteiger partial charge < -0.3 is 9.64 Å². The molecule has 0 radical (unpaired) electrons. The zero-order chi connectivity index (χ0) is 15.2. The number of nitrogens with zero attached hydrogens (tertiary/aromatic N) is 1. The Bertz CT molecular complexity index is 695. The Morgan fingerprint density at radius 1 is 1.24 bits per heavy atom. The second-order valence-corrected chi connectivity index (χ2v) is 7.56. The normalized spacial score (nSPS) is 26.7. The number of amides is 1. The second kappa shape index (κ2) is 4.84. The van der Waals surface area contributed by atoms with Crippen LogP contribution in [-0.4, -0.2) is 45.0 Å². The number of esters is 1. The maximum Gasteiger partial charge on any atom is 0.337 e. The van der Waals surface area contributed by atoms with Gasteiger partial charge >= 0.3 is 5.97 Å². The molecular formula is C14H15NO5S. The van der Waals surface area contributed by atoms with Crippen LogP contribution in [0.5, 0.6) is 0 Å². The van der Waals surface area contributed by atoms with E-state index in [0.717, 1.165) is 0 Å². The highest BCUT2D eigenvalue weighted by Gasteiger charge is 2.49. The van der Waals surface area contributed by atoms with Gasteiger partial charge in [-0.1, -0.05) is 0 Å². The van der Waals surface area contributed by atoms with E-state index in [1.807, 2.05) is 0 Å². The van der Waals surface area contributed by atoms with Gasteiger partial charge in [0.1, 0.15) is 0 Å². The van der Waals surface area contributed by atoms with Gasteiger partial charge in [0.15, 0.2) is 9.84 Å². The van der Waals surface area contributed by atoms with E-state index in [1.165, 1.54) is 7.11 Å². The Balaban J connectivity index is 1.89. The van der Waals surface area contributed by atoms with Crippen LogP contribution in [0.3, 0.4) is 0 Å². The number of benzene rings is 1. The topological polar surface area (TPSA) is 80.8 Å². The molecule has 112 valence electrons. The monoisotopic (exact) mass is 309 g/mol. The Kier molecular flexibility index (Phi) is 3.24. The van der Waals surface area contributed by atoms with Crippen molar-refractivity contribution in [1.29, 1.82) is 0 Å².